The van der Waals surface area contributed by atoms with E-state index in [0.29, 0.717) is 10.8 Å². The number of rotatable bonds is 4. The molecule has 0 saturated carbocycles. The Hall–Kier alpha value is -0.580. The summed E-state index contributed by atoms with van der Waals surface area (Å²) in [7, 11) is -0.325. The van der Waals surface area contributed by atoms with E-state index in [4.69, 9.17) is 11.6 Å². The van der Waals surface area contributed by atoms with E-state index in [-0.39, 0.29) is 0 Å². The highest BCUT2D eigenvalue weighted by molar-refractivity contribution is 7.89. The Bertz CT molecular complexity index is 469. The first-order chi connectivity index (χ1) is 7.43. The minimum absolute atomic E-state index is 0.297. The molecule has 1 rings (SSSR count). The molecule has 3 nitrogen and oxygen atoms in total. The van der Waals surface area contributed by atoms with Crippen LogP contribution in [0.15, 0.2) is 23.1 Å². The van der Waals surface area contributed by atoms with Gasteiger partial charge in [0.2, 0.25) is 10.0 Å². The normalized spacial score (nSPS) is 12.1. The Balaban J connectivity index is 3.29. The molecular formula is C11H16ClNO2S. The number of aryl methyl sites for hydroxylation is 1. The fourth-order valence-corrected chi connectivity index (χ4v) is 2.64. The maximum atomic E-state index is 11.9. The van der Waals surface area contributed by atoms with Crippen LogP contribution in [0.3, 0.4) is 0 Å². The van der Waals surface area contributed by atoms with Crippen LogP contribution in [0.5, 0.6) is 0 Å². The lowest BCUT2D eigenvalue weighted by Crippen LogP contribution is -2.22. The molecule has 0 spiro atoms. The van der Waals surface area contributed by atoms with Crippen molar-refractivity contribution < 1.29 is 8.42 Å². The number of benzene rings is 1. The molecule has 0 aromatic heterocycles. The van der Waals surface area contributed by atoms with E-state index in [0.717, 1.165) is 17.5 Å². The average Bonchev–Trinajstić information content (AvgIpc) is 2.27. The largest absolute Gasteiger partial charge is 0.242 e. The molecule has 1 aromatic carbocycles. The van der Waals surface area contributed by atoms with Crippen LogP contribution in [-0.4, -0.2) is 26.8 Å². The van der Waals surface area contributed by atoms with Gasteiger partial charge in [0, 0.05) is 20.0 Å². The Morgan fingerprint density at radius 2 is 1.88 bits per heavy atom. The van der Waals surface area contributed by atoms with Crippen LogP contribution in [-0.2, 0) is 22.3 Å². The van der Waals surface area contributed by atoms with Crippen molar-refractivity contribution in [2.75, 3.05) is 14.1 Å². The van der Waals surface area contributed by atoms with Gasteiger partial charge in [-0.3, -0.25) is 0 Å². The fraction of sp³-hybridized carbons (Fsp3) is 0.455. The summed E-state index contributed by atoms with van der Waals surface area (Å²) in [5.74, 6) is 0.333. The zero-order valence-electron chi connectivity index (χ0n) is 9.70. The molecule has 0 heterocycles. The standard InChI is InChI=1S/C11H16ClNO2S/c1-4-9-5-6-11(7-10(9)8-12)16(14,15)13(2)3/h5-7H,4,8H2,1-3H3. The van der Waals surface area contributed by atoms with Gasteiger partial charge in [-0.15, -0.1) is 11.6 Å². The molecule has 0 saturated heterocycles. The van der Waals surface area contributed by atoms with Crippen LogP contribution < -0.4 is 0 Å². The molecule has 0 unspecified atom stereocenters. The second-order valence-electron chi connectivity index (χ2n) is 3.71. The molecule has 0 aliphatic carbocycles. The maximum Gasteiger partial charge on any atom is 0.242 e. The van der Waals surface area contributed by atoms with Gasteiger partial charge in [0.15, 0.2) is 0 Å². The zero-order valence-corrected chi connectivity index (χ0v) is 11.3. The third-order valence-electron chi connectivity index (χ3n) is 2.48. The van der Waals surface area contributed by atoms with E-state index in [1.807, 2.05) is 13.0 Å². The minimum Gasteiger partial charge on any atom is -0.207 e. The van der Waals surface area contributed by atoms with Crippen LogP contribution in [0.4, 0.5) is 0 Å². The molecule has 0 radical (unpaired) electrons. The number of halogens is 1. The summed E-state index contributed by atoms with van der Waals surface area (Å²) in [6.07, 6.45) is 0.852. The molecule has 0 aliphatic rings. The van der Waals surface area contributed by atoms with Gasteiger partial charge in [0.1, 0.15) is 0 Å². The number of hydrogen-bond donors (Lipinski definition) is 0. The number of alkyl halides is 1. The molecule has 0 atom stereocenters. The molecular weight excluding hydrogens is 246 g/mol. The lowest BCUT2D eigenvalue weighted by atomic mass is 10.1. The third-order valence-corrected chi connectivity index (χ3v) is 4.58. The first-order valence-electron chi connectivity index (χ1n) is 5.03. The molecule has 0 amide bonds. The Kier molecular flexibility index (Phi) is 4.35. The van der Waals surface area contributed by atoms with Crippen LogP contribution in [0.25, 0.3) is 0 Å². The van der Waals surface area contributed by atoms with Gasteiger partial charge in [-0.25, -0.2) is 12.7 Å². The van der Waals surface area contributed by atoms with Crippen LogP contribution in [0.1, 0.15) is 18.1 Å². The highest BCUT2D eigenvalue weighted by Crippen LogP contribution is 2.20. The highest BCUT2D eigenvalue weighted by atomic mass is 35.5. The van der Waals surface area contributed by atoms with Crippen molar-refractivity contribution >= 4 is 21.6 Å². The first-order valence-corrected chi connectivity index (χ1v) is 7.01. The Labute approximate surface area is 102 Å². The molecule has 0 fully saturated rings. The highest BCUT2D eigenvalue weighted by Gasteiger charge is 2.17. The van der Waals surface area contributed by atoms with E-state index in [9.17, 15) is 8.42 Å². The van der Waals surface area contributed by atoms with Gasteiger partial charge in [0.05, 0.1) is 4.90 Å². The lowest BCUT2D eigenvalue weighted by molar-refractivity contribution is 0.520. The molecule has 0 bridgehead atoms. The van der Waals surface area contributed by atoms with Crippen molar-refractivity contribution in [1.82, 2.24) is 4.31 Å². The van der Waals surface area contributed by atoms with E-state index in [1.165, 1.54) is 18.4 Å². The van der Waals surface area contributed by atoms with Gasteiger partial charge < -0.3 is 0 Å². The Morgan fingerprint density at radius 3 is 2.31 bits per heavy atom. The van der Waals surface area contributed by atoms with Crippen LogP contribution in [0, 0.1) is 0 Å². The number of sulfonamides is 1. The number of nitrogens with zero attached hydrogens (tertiary/aromatic N) is 1. The fourth-order valence-electron chi connectivity index (χ4n) is 1.44. The number of hydrogen-bond acceptors (Lipinski definition) is 2. The monoisotopic (exact) mass is 261 g/mol. The lowest BCUT2D eigenvalue weighted by Gasteiger charge is -2.13. The Morgan fingerprint density at radius 1 is 1.25 bits per heavy atom. The van der Waals surface area contributed by atoms with E-state index < -0.39 is 10.0 Å². The predicted octanol–water partition coefficient (Wildman–Crippen LogP) is 2.24. The van der Waals surface area contributed by atoms with Gasteiger partial charge >= 0.3 is 0 Å². The van der Waals surface area contributed by atoms with Crippen molar-refractivity contribution in [2.45, 2.75) is 24.1 Å². The smallest absolute Gasteiger partial charge is 0.207 e. The molecule has 16 heavy (non-hydrogen) atoms. The van der Waals surface area contributed by atoms with E-state index in [1.54, 1.807) is 12.1 Å². The molecule has 5 heteroatoms. The van der Waals surface area contributed by atoms with Gasteiger partial charge in [-0.1, -0.05) is 13.0 Å². The molecule has 0 N–H and O–H groups in total. The summed E-state index contributed by atoms with van der Waals surface area (Å²) >= 11 is 5.80. The van der Waals surface area contributed by atoms with Crippen molar-refractivity contribution in [3.05, 3.63) is 29.3 Å². The summed E-state index contributed by atoms with van der Waals surface area (Å²) in [6.45, 7) is 2.02. The van der Waals surface area contributed by atoms with E-state index in [2.05, 4.69) is 0 Å². The summed E-state index contributed by atoms with van der Waals surface area (Å²) in [5, 5.41) is 0. The quantitative estimate of drug-likeness (QED) is 0.780. The predicted molar refractivity (Wildman–Crippen MR) is 66.2 cm³/mol. The topological polar surface area (TPSA) is 37.4 Å². The second-order valence-corrected chi connectivity index (χ2v) is 6.12. The van der Waals surface area contributed by atoms with Crippen molar-refractivity contribution in [3.63, 3.8) is 0 Å². The average molecular weight is 262 g/mol. The summed E-state index contributed by atoms with van der Waals surface area (Å²) in [6, 6.07) is 5.11. The summed E-state index contributed by atoms with van der Waals surface area (Å²) < 4.78 is 25.0. The van der Waals surface area contributed by atoms with Crippen LogP contribution >= 0.6 is 11.6 Å². The summed E-state index contributed by atoms with van der Waals surface area (Å²) in [5.41, 5.74) is 1.97. The minimum atomic E-state index is -3.36. The van der Waals surface area contributed by atoms with Gasteiger partial charge in [-0.2, -0.15) is 0 Å². The van der Waals surface area contributed by atoms with Crippen molar-refractivity contribution in [1.29, 1.82) is 0 Å². The third kappa shape index (κ3) is 2.56. The second kappa shape index (κ2) is 5.17. The van der Waals surface area contributed by atoms with Crippen LogP contribution in [0.2, 0.25) is 0 Å². The maximum absolute atomic E-state index is 11.9. The first kappa shape index (κ1) is 13.5. The van der Waals surface area contributed by atoms with Gasteiger partial charge in [0.25, 0.3) is 0 Å². The zero-order chi connectivity index (χ0) is 12.3. The van der Waals surface area contributed by atoms with Crippen molar-refractivity contribution in [2.24, 2.45) is 0 Å². The molecule has 0 aliphatic heterocycles. The SMILES string of the molecule is CCc1ccc(S(=O)(=O)N(C)C)cc1CCl. The van der Waals surface area contributed by atoms with Gasteiger partial charge in [-0.05, 0) is 29.7 Å². The van der Waals surface area contributed by atoms with E-state index >= 15 is 0 Å². The molecule has 90 valence electrons. The summed E-state index contributed by atoms with van der Waals surface area (Å²) in [4.78, 5) is 0.297. The molecule has 1 aromatic rings. The van der Waals surface area contributed by atoms with Crippen molar-refractivity contribution in [3.8, 4) is 0 Å².